The van der Waals surface area contributed by atoms with Gasteiger partial charge in [-0.1, -0.05) is 36.2 Å². The Morgan fingerprint density at radius 2 is 1.67 bits per heavy atom. The number of anilines is 2. The van der Waals surface area contributed by atoms with Crippen molar-refractivity contribution in [1.29, 1.82) is 0 Å². The number of aryl methyl sites for hydroxylation is 2. The number of hydrogen-bond donors (Lipinski definition) is 1. The summed E-state index contributed by atoms with van der Waals surface area (Å²) in [5.41, 5.74) is 2.74. The van der Waals surface area contributed by atoms with Gasteiger partial charge in [0.15, 0.2) is 0 Å². The summed E-state index contributed by atoms with van der Waals surface area (Å²) in [6, 6.07) is 9.25. The van der Waals surface area contributed by atoms with Crippen molar-refractivity contribution in [3.8, 4) is 0 Å². The number of halogens is 2. The lowest BCUT2D eigenvalue weighted by atomic mass is 10.1. The molecule has 0 radical (unpaired) electrons. The number of carbonyl (C=O) groups excluding carboxylic acids is 1. The molecule has 146 valence electrons. The van der Waals surface area contributed by atoms with Gasteiger partial charge in [-0.05, 0) is 61.7 Å². The standard InChI is InChI=1S/C19H22Cl2N2O3S/c1-5-18(19(24)22-14-6-7-16(20)17(21)11-14)23(27(4,25)26)15-9-12(2)8-13(3)10-15/h6-11,18H,5H2,1-4H3,(H,22,24). The first-order valence-corrected chi connectivity index (χ1v) is 11.0. The van der Waals surface area contributed by atoms with E-state index in [1.807, 2.05) is 19.9 Å². The number of sulfonamides is 1. The lowest BCUT2D eigenvalue weighted by Crippen LogP contribution is -2.47. The molecule has 0 fully saturated rings. The van der Waals surface area contributed by atoms with E-state index in [9.17, 15) is 13.2 Å². The second-order valence-electron chi connectivity index (χ2n) is 6.45. The quantitative estimate of drug-likeness (QED) is 0.718. The first-order valence-electron chi connectivity index (χ1n) is 8.36. The average molecular weight is 429 g/mol. The summed E-state index contributed by atoms with van der Waals surface area (Å²) in [6.45, 7) is 5.53. The third kappa shape index (κ3) is 5.37. The summed E-state index contributed by atoms with van der Waals surface area (Å²) >= 11 is 11.9. The fourth-order valence-corrected chi connectivity index (χ4v) is 4.43. The van der Waals surface area contributed by atoms with E-state index in [2.05, 4.69) is 5.32 Å². The number of rotatable bonds is 6. The molecule has 0 saturated heterocycles. The Bertz CT molecular complexity index is 941. The third-order valence-electron chi connectivity index (χ3n) is 3.98. The Morgan fingerprint density at radius 1 is 1.07 bits per heavy atom. The fraction of sp³-hybridized carbons (Fsp3) is 0.316. The van der Waals surface area contributed by atoms with Gasteiger partial charge < -0.3 is 5.32 Å². The van der Waals surface area contributed by atoms with Crippen molar-refractivity contribution in [2.24, 2.45) is 0 Å². The van der Waals surface area contributed by atoms with Crippen LogP contribution in [-0.2, 0) is 14.8 Å². The van der Waals surface area contributed by atoms with E-state index < -0.39 is 22.0 Å². The highest BCUT2D eigenvalue weighted by molar-refractivity contribution is 7.92. The van der Waals surface area contributed by atoms with Crippen LogP contribution in [0.3, 0.4) is 0 Å². The van der Waals surface area contributed by atoms with Crippen molar-refractivity contribution >= 4 is 50.5 Å². The van der Waals surface area contributed by atoms with Crippen LogP contribution in [0.2, 0.25) is 10.0 Å². The van der Waals surface area contributed by atoms with Gasteiger partial charge in [-0.25, -0.2) is 8.42 Å². The summed E-state index contributed by atoms with van der Waals surface area (Å²) < 4.78 is 26.2. The second kappa shape index (κ2) is 8.50. The SMILES string of the molecule is CCC(C(=O)Nc1ccc(Cl)c(Cl)c1)N(c1cc(C)cc(C)c1)S(C)(=O)=O. The van der Waals surface area contributed by atoms with Gasteiger partial charge in [0.1, 0.15) is 6.04 Å². The van der Waals surface area contributed by atoms with Gasteiger partial charge in [-0.15, -0.1) is 0 Å². The van der Waals surface area contributed by atoms with Crippen LogP contribution in [0.15, 0.2) is 36.4 Å². The molecule has 5 nitrogen and oxygen atoms in total. The Kier molecular flexibility index (Phi) is 6.78. The van der Waals surface area contributed by atoms with Gasteiger partial charge in [0, 0.05) is 5.69 Å². The first-order chi connectivity index (χ1) is 12.5. The highest BCUT2D eigenvalue weighted by Gasteiger charge is 2.31. The van der Waals surface area contributed by atoms with Crippen LogP contribution < -0.4 is 9.62 Å². The molecule has 0 heterocycles. The number of nitrogens with zero attached hydrogens (tertiary/aromatic N) is 1. The summed E-state index contributed by atoms with van der Waals surface area (Å²) in [5.74, 6) is -0.444. The van der Waals surface area contributed by atoms with Gasteiger partial charge in [0.25, 0.3) is 0 Å². The molecule has 0 aliphatic rings. The smallest absolute Gasteiger partial charge is 0.248 e. The molecule has 1 amide bonds. The van der Waals surface area contributed by atoms with E-state index in [-0.39, 0.29) is 0 Å². The first kappa shape index (κ1) is 21.5. The minimum Gasteiger partial charge on any atom is -0.324 e. The predicted octanol–water partition coefficient (Wildman–Crippen LogP) is 4.79. The molecule has 8 heteroatoms. The predicted molar refractivity (Wildman–Crippen MR) is 112 cm³/mol. The molecule has 0 bridgehead atoms. The fourth-order valence-electron chi connectivity index (χ4n) is 2.94. The maximum absolute atomic E-state index is 12.9. The molecule has 2 aromatic rings. The number of nitrogens with one attached hydrogen (secondary N) is 1. The molecule has 0 aliphatic heterocycles. The topological polar surface area (TPSA) is 66.5 Å². The number of carbonyl (C=O) groups is 1. The molecule has 0 aromatic heterocycles. The summed E-state index contributed by atoms with van der Waals surface area (Å²) in [6.07, 6.45) is 1.40. The van der Waals surface area contributed by atoms with E-state index in [1.54, 1.807) is 31.2 Å². The Balaban J connectivity index is 2.42. The van der Waals surface area contributed by atoms with Gasteiger partial charge in [0.05, 0.1) is 22.0 Å². The molecule has 2 rings (SSSR count). The summed E-state index contributed by atoms with van der Waals surface area (Å²) in [5, 5.41) is 3.40. The molecule has 1 atom stereocenters. The minimum absolute atomic E-state index is 0.299. The highest BCUT2D eigenvalue weighted by atomic mass is 35.5. The Morgan fingerprint density at radius 3 is 2.15 bits per heavy atom. The number of amides is 1. The maximum Gasteiger partial charge on any atom is 0.248 e. The van der Waals surface area contributed by atoms with Crippen LogP contribution in [0.1, 0.15) is 24.5 Å². The zero-order valence-electron chi connectivity index (χ0n) is 15.6. The van der Waals surface area contributed by atoms with E-state index >= 15 is 0 Å². The molecule has 27 heavy (non-hydrogen) atoms. The Hall–Kier alpha value is -1.76. The van der Waals surface area contributed by atoms with Crippen LogP contribution >= 0.6 is 23.2 Å². The molecule has 0 spiro atoms. The van der Waals surface area contributed by atoms with Crippen molar-refractivity contribution < 1.29 is 13.2 Å². The van der Waals surface area contributed by atoms with Crippen molar-refractivity contribution in [2.75, 3.05) is 15.9 Å². The van der Waals surface area contributed by atoms with Crippen LogP contribution in [0.25, 0.3) is 0 Å². The molecular formula is C19H22Cl2N2O3S. The van der Waals surface area contributed by atoms with Gasteiger partial charge in [-0.2, -0.15) is 0 Å². The second-order valence-corrected chi connectivity index (χ2v) is 9.12. The molecular weight excluding hydrogens is 407 g/mol. The molecule has 1 N–H and O–H groups in total. The lowest BCUT2D eigenvalue weighted by molar-refractivity contribution is -0.117. The van der Waals surface area contributed by atoms with Gasteiger partial charge in [0.2, 0.25) is 15.9 Å². The Labute approximate surface area is 170 Å². The maximum atomic E-state index is 12.9. The normalized spacial score (nSPS) is 12.5. The number of benzene rings is 2. The van der Waals surface area contributed by atoms with Gasteiger partial charge >= 0.3 is 0 Å². The van der Waals surface area contributed by atoms with E-state index in [4.69, 9.17) is 23.2 Å². The largest absolute Gasteiger partial charge is 0.324 e. The highest BCUT2D eigenvalue weighted by Crippen LogP contribution is 2.28. The van der Waals surface area contributed by atoms with Crippen LogP contribution in [0, 0.1) is 13.8 Å². The van der Waals surface area contributed by atoms with Gasteiger partial charge in [-0.3, -0.25) is 9.10 Å². The van der Waals surface area contributed by atoms with Crippen molar-refractivity contribution in [3.63, 3.8) is 0 Å². The monoisotopic (exact) mass is 428 g/mol. The van der Waals surface area contributed by atoms with E-state index in [0.29, 0.717) is 27.8 Å². The van der Waals surface area contributed by atoms with Crippen molar-refractivity contribution in [1.82, 2.24) is 0 Å². The van der Waals surface area contributed by atoms with E-state index in [0.717, 1.165) is 17.4 Å². The number of hydrogen-bond acceptors (Lipinski definition) is 3. The summed E-state index contributed by atoms with van der Waals surface area (Å²) in [7, 11) is -3.69. The van der Waals surface area contributed by atoms with Crippen molar-refractivity contribution in [2.45, 2.75) is 33.2 Å². The zero-order chi connectivity index (χ0) is 20.4. The zero-order valence-corrected chi connectivity index (χ0v) is 17.9. The molecule has 0 aliphatic carbocycles. The van der Waals surface area contributed by atoms with Crippen LogP contribution in [0.4, 0.5) is 11.4 Å². The lowest BCUT2D eigenvalue weighted by Gasteiger charge is -2.30. The van der Waals surface area contributed by atoms with Crippen LogP contribution in [-0.4, -0.2) is 26.6 Å². The van der Waals surface area contributed by atoms with Crippen molar-refractivity contribution in [3.05, 3.63) is 57.6 Å². The average Bonchev–Trinajstić information content (AvgIpc) is 2.53. The van der Waals surface area contributed by atoms with E-state index in [1.165, 1.54) is 10.4 Å². The minimum atomic E-state index is -3.69. The molecule has 1 unspecified atom stereocenters. The van der Waals surface area contributed by atoms with Crippen LogP contribution in [0.5, 0.6) is 0 Å². The molecule has 2 aromatic carbocycles. The summed E-state index contributed by atoms with van der Waals surface area (Å²) in [4.78, 5) is 12.9. The third-order valence-corrected chi connectivity index (χ3v) is 5.90. The molecule has 0 saturated carbocycles.